The van der Waals surface area contributed by atoms with E-state index in [9.17, 15) is 8.78 Å². The number of nitrogens with zero attached hydrogens (tertiary/aromatic N) is 1. The van der Waals surface area contributed by atoms with Crippen LogP contribution in [-0.4, -0.2) is 22.8 Å². The third kappa shape index (κ3) is 2.42. The molecule has 0 saturated carbocycles. The fourth-order valence-electron chi connectivity index (χ4n) is 2.55. The number of imidazole rings is 1. The Labute approximate surface area is 114 Å². The Hall–Kier alpha value is -1.27. The molecule has 1 aromatic carbocycles. The molecule has 0 radical (unpaired) electrons. The molecule has 0 unspecified atom stereocenters. The second-order valence-corrected chi connectivity index (χ2v) is 5.26. The molecular weight excluding hydrogens is 270 g/mol. The molecule has 19 heavy (non-hydrogen) atoms. The molecule has 1 fully saturated rings. The first-order chi connectivity index (χ1) is 9.15. The highest BCUT2D eigenvalue weighted by molar-refractivity contribution is 7.71. The van der Waals surface area contributed by atoms with Gasteiger partial charge in [0.1, 0.15) is 11.3 Å². The predicted molar refractivity (Wildman–Crippen MR) is 70.6 cm³/mol. The fraction of sp³-hybridized carbons (Fsp3) is 0.462. The van der Waals surface area contributed by atoms with Gasteiger partial charge >= 0.3 is 0 Å². The number of fused-ring (bicyclic) bond motifs is 1. The van der Waals surface area contributed by atoms with Crippen molar-refractivity contribution in [2.45, 2.75) is 19.4 Å². The largest absolute Gasteiger partial charge is 0.381 e. The predicted octanol–water partition coefficient (Wildman–Crippen LogP) is 3.40. The molecule has 0 atom stereocenters. The summed E-state index contributed by atoms with van der Waals surface area (Å²) in [7, 11) is 0. The number of rotatable bonds is 2. The third-order valence-corrected chi connectivity index (χ3v) is 3.91. The second kappa shape index (κ2) is 5.02. The molecule has 2 heterocycles. The number of H-pyrrole nitrogens is 1. The van der Waals surface area contributed by atoms with Gasteiger partial charge in [-0.25, -0.2) is 8.78 Å². The fourth-order valence-corrected chi connectivity index (χ4v) is 2.82. The lowest BCUT2D eigenvalue weighted by molar-refractivity contribution is 0.0615. The number of aromatic nitrogens is 2. The molecular formula is C13H14F2N2OS. The van der Waals surface area contributed by atoms with Crippen LogP contribution in [0.1, 0.15) is 12.8 Å². The van der Waals surface area contributed by atoms with Crippen LogP contribution in [0.3, 0.4) is 0 Å². The van der Waals surface area contributed by atoms with E-state index in [1.165, 1.54) is 6.07 Å². The lowest BCUT2D eigenvalue weighted by Gasteiger charge is -2.22. The van der Waals surface area contributed by atoms with Crippen molar-refractivity contribution in [2.75, 3.05) is 13.2 Å². The van der Waals surface area contributed by atoms with Gasteiger partial charge in [0.05, 0.1) is 5.52 Å². The van der Waals surface area contributed by atoms with Gasteiger partial charge in [0, 0.05) is 25.8 Å². The average molecular weight is 284 g/mol. The normalized spacial score (nSPS) is 17.2. The lowest BCUT2D eigenvalue weighted by atomic mass is 10.0. The van der Waals surface area contributed by atoms with E-state index in [1.54, 1.807) is 4.57 Å². The van der Waals surface area contributed by atoms with Crippen molar-refractivity contribution in [3.63, 3.8) is 0 Å². The smallest absolute Gasteiger partial charge is 0.178 e. The quantitative estimate of drug-likeness (QED) is 0.857. The maximum atomic E-state index is 13.7. The van der Waals surface area contributed by atoms with E-state index in [4.69, 9.17) is 17.0 Å². The van der Waals surface area contributed by atoms with Crippen LogP contribution in [-0.2, 0) is 11.3 Å². The zero-order valence-electron chi connectivity index (χ0n) is 10.3. The van der Waals surface area contributed by atoms with Crippen molar-refractivity contribution >= 4 is 23.3 Å². The van der Waals surface area contributed by atoms with Crippen LogP contribution in [0.15, 0.2) is 12.1 Å². The van der Waals surface area contributed by atoms with Crippen molar-refractivity contribution in [2.24, 2.45) is 5.92 Å². The van der Waals surface area contributed by atoms with E-state index < -0.39 is 11.6 Å². The van der Waals surface area contributed by atoms with E-state index >= 15 is 0 Å². The van der Waals surface area contributed by atoms with E-state index in [0.29, 0.717) is 22.8 Å². The van der Waals surface area contributed by atoms with Crippen molar-refractivity contribution in [1.82, 2.24) is 9.55 Å². The minimum atomic E-state index is -0.605. The molecule has 3 nitrogen and oxygen atoms in total. The van der Waals surface area contributed by atoms with E-state index in [0.717, 1.165) is 32.1 Å². The third-order valence-electron chi connectivity index (χ3n) is 3.58. The first-order valence-electron chi connectivity index (χ1n) is 6.30. The molecule has 1 saturated heterocycles. The van der Waals surface area contributed by atoms with Gasteiger partial charge in [0.25, 0.3) is 0 Å². The van der Waals surface area contributed by atoms with Crippen molar-refractivity contribution in [3.05, 3.63) is 28.5 Å². The summed E-state index contributed by atoms with van der Waals surface area (Å²) in [5.41, 5.74) is 0.771. The SMILES string of the molecule is Fc1cc(F)c2[nH]c(=S)n(CC3CCOCC3)c2c1. The van der Waals surface area contributed by atoms with Crippen LogP contribution >= 0.6 is 12.2 Å². The summed E-state index contributed by atoms with van der Waals surface area (Å²) >= 11 is 5.21. The van der Waals surface area contributed by atoms with Gasteiger partial charge in [-0.1, -0.05) is 0 Å². The molecule has 1 N–H and O–H groups in total. The van der Waals surface area contributed by atoms with Gasteiger partial charge in [0.2, 0.25) is 0 Å². The average Bonchev–Trinajstić information content (AvgIpc) is 2.69. The minimum Gasteiger partial charge on any atom is -0.381 e. The summed E-state index contributed by atoms with van der Waals surface area (Å²) in [6, 6.07) is 2.19. The zero-order valence-corrected chi connectivity index (χ0v) is 11.1. The van der Waals surface area contributed by atoms with Gasteiger partial charge in [0.15, 0.2) is 10.6 Å². The molecule has 1 aromatic heterocycles. The topological polar surface area (TPSA) is 29.9 Å². The number of nitrogens with one attached hydrogen (secondary N) is 1. The summed E-state index contributed by atoms with van der Waals surface area (Å²) in [6.45, 7) is 2.15. The Bertz CT molecular complexity index is 658. The minimum absolute atomic E-state index is 0.276. The summed E-state index contributed by atoms with van der Waals surface area (Å²) in [5.74, 6) is -0.752. The van der Waals surface area contributed by atoms with Crippen molar-refractivity contribution in [3.8, 4) is 0 Å². The van der Waals surface area contributed by atoms with Gasteiger partial charge in [-0.3, -0.25) is 0 Å². The van der Waals surface area contributed by atoms with Crippen LogP contribution in [0.4, 0.5) is 8.78 Å². The number of benzene rings is 1. The Morgan fingerprint density at radius 1 is 1.32 bits per heavy atom. The molecule has 3 rings (SSSR count). The highest BCUT2D eigenvalue weighted by Gasteiger charge is 2.17. The lowest BCUT2D eigenvalue weighted by Crippen LogP contribution is -2.20. The highest BCUT2D eigenvalue weighted by atomic mass is 32.1. The highest BCUT2D eigenvalue weighted by Crippen LogP contribution is 2.23. The van der Waals surface area contributed by atoms with Crippen molar-refractivity contribution in [1.29, 1.82) is 0 Å². The molecule has 0 spiro atoms. The van der Waals surface area contributed by atoms with Crippen molar-refractivity contribution < 1.29 is 13.5 Å². The van der Waals surface area contributed by atoms with Crippen LogP contribution in [0, 0.1) is 22.3 Å². The summed E-state index contributed by atoms with van der Waals surface area (Å²) in [6.07, 6.45) is 1.90. The van der Waals surface area contributed by atoms with E-state index in [1.807, 2.05) is 0 Å². The first kappa shape index (κ1) is 12.7. The van der Waals surface area contributed by atoms with E-state index in [2.05, 4.69) is 4.98 Å². The van der Waals surface area contributed by atoms with Crippen LogP contribution in [0.5, 0.6) is 0 Å². The summed E-state index contributed by atoms with van der Waals surface area (Å²) in [4.78, 5) is 2.82. The maximum absolute atomic E-state index is 13.7. The van der Waals surface area contributed by atoms with Gasteiger partial charge < -0.3 is 14.3 Å². The van der Waals surface area contributed by atoms with Crippen LogP contribution in [0.2, 0.25) is 0 Å². The molecule has 0 aliphatic carbocycles. The molecule has 0 amide bonds. The number of hydrogen-bond donors (Lipinski definition) is 1. The molecule has 1 aliphatic heterocycles. The number of ether oxygens (including phenoxy) is 1. The Morgan fingerprint density at radius 3 is 2.79 bits per heavy atom. The van der Waals surface area contributed by atoms with Gasteiger partial charge in [-0.15, -0.1) is 0 Å². The number of halogens is 2. The van der Waals surface area contributed by atoms with Gasteiger partial charge in [-0.2, -0.15) is 0 Å². The van der Waals surface area contributed by atoms with E-state index in [-0.39, 0.29) is 5.52 Å². The standard InChI is InChI=1S/C13H14F2N2OS/c14-9-5-10(15)12-11(6-9)17(13(19)16-12)7-8-1-3-18-4-2-8/h5-6,8H,1-4,7H2,(H,16,19). The molecule has 0 bridgehead atoms. The number of aromatic amines is 1. The van der Waals surface area contributed by atoms with Crippen LogP contribution in [0.25, 0.3) is 11.0 Å². The zero-order chi connectivity index (χ0) is 13.4. The Balaban J connectivity index is 2.02. The Morgan fingerprint density at radius 2 is 2.05 bits per heavy atom. The maximum Gasteiger partial charge on any atom is 0.178 e. The molecule has 2 aromatic rings. The van der Waals surface area contributed by atoms with Crippen LogP contribution < -0.4 is 0 Å². The molecule has 102 valence electrons. The van der Waals surface area contributed by atoms with Gasteiger partial charge in [-0.05, 0) is 37.0 Å². The molecule has 1 aliphatic rings. The summed E-state index contributed by atoms with van der Waals surface area (Å²) in [5, 5.41) is 0. The first-order valence-corrected chi connectivity index (χ1v) is 6.71. The second-order valence-electron chi connectivity index (χ2n) is 4.88. The number of hydrogen-bond acceptors (Lipinski definition) is 2. The Kier molecular flexibility index (Phi) is 3.36. The molecule has 6 heteroatoms. The monoisotopic (exact) mass is 284 g/mol. The summed E-state index contributed by atoms with van der Waals surface area (Å²) < 4.78 is 34.5.